The van der Waals surface area contributed by atoms with Gasteiger partial charge in [-0.15, -0.1) is 0 Å². The Kier molecular flexibility index (Phi) is 21.9. The average molecular weight is 933 g/mol. The Bertz CT molecular complexity index is 1560. The third kappa shape index (κ3) is 15.0. The molecule has 6 atom stereocenters. The summed E-state index contributed by atoms with van der Waals surface area (Å²) in [6.07, 6.45) is -12.8. The number of carbonyl (C=O) groups is 2. The van der Waals surface area contributed by atoms with Gasteiger partial charge in [0.15, 0.2) is 12.2 Å². The molecule has 0 heterocycles. The molecule has 1 fully saturated rings. The highest BCUT2D eigenvalue weighted by Gasteiger charge is 2.64. The first-order valence-electron chi connectivity index (χ1n) is 19.4. The van der Waals surface area contributed by atoms with Crippen molar-refractivity contribution in [1.29, 1.82) is 0 Å². The molecule has 0 radical (unpaired) electrons. The number of hydrogen-bond acceptors (Lipinski definition) is 20. The smallest absolute Gasteiger partial charge is 0.453 e. The molecule has 0 N–H and O–H groups in total. The summed E-state index contributed by atoms with van der Waals surface area (Å²) in [6, 6.07) is 15.0. The third-order valence-corrected chi connectivity index (χ3v) is 14.4. The number of hydrogen-bond donors (Lipinski definition) is 0. The van der Waals surface area contributed by atoms with Crippen molar-refractivity contribution in [1.82, 2.24) is 0 Å². The van der Waals surface area contributed by atoms with E-state index in [4.69, 9.17) is 63.8 Å². The zero-order valence-electron chi connectivity index (χ0n) is 34.8. The van der Waals surface area contributed by atoms with E-state index < -0.39 is 79.9 Å². The number of rotatable bonds is 28. The minimum Gasteiger partial charge on any atom is -0.453 e. The van der Waals surface area contributed by atoms with E-state index in [1.165, 1.54) is 104 Å². The largest absolute Gasteiger partial charge is 0.475 e. The molecule has 2 aromatic rings. The van der Waals surface area contributed by atoms with Gasteiger partial charge in [-0.1, -0.05) is 36.4 Å². The van der Waals surface area contributed by atoms with Crippen LogP contribution in [0.15, 0.2) is 60.7 Å². The molecule has 20 nitrogen and oxygen atoms in total. The summed E-state index contributed by atoms with van der Waals surface area (Å²) < 4.78 is 138. The molecule has 0 saturated heterocycles. The Hall–Kier alpha value is -2.18. The fourth-order valence-electron chi connectivity index (χ4n) is 5.66. The predicted octanol–water partition coefficient (Wildman–Crippen LogP) is 8.72. The first-order chi connectivity index (χ1) is 28.6. The van der Waals surface area contributed by atoms with E-state index in [1.54, 1.807) is 12.1 Å². The number of carbonyl (C=O) groups excluding carboxylic acids is 2. The van der Waals surface area contributed by atoms with E-state index in [-0.39, 0.29) is 64.0 Å². The van der Waals surface area contributed by atoms with Gasteiger partial charge in [0.1, 0.15) is 24.4 Å². The van der Waals surface area contributed by atoms with E-state index in [9.17, 15) is 27.8 Å². The second-order valence-corrected chi connectivity index (χ2v) is 18.4. The topological polar surface area (TPSA) is 232 Å². The standard InChI is InChI=1S/C36H56O20P4/c1-9-43-57(39,44-10-2)53-31-29(51-35(37)27-23-19-17-20-24-27)33(55-59(41,47-13-5)48-14-6)34(56-60(42,49-15-7)50-16-8)30(52-36(38)28-25-21-18-22-26-28)32(31)54-58(40,45-11-3)46-12-4/h17-26,29-34H,9-16H2,1-8H3/t29?,30?,31-,32-,33-,34+/m1/s1. The summed E-state index contributed by atoms with van der Waals surface area (Å²) in [5.74, 6) is -2.16. The molecule has 1 aliphatic carbocycles. The first-order valence-corrected chi connectivity index (χ1v) is 25.3. The molecule has 2 unspecified atom stereocenters. The van der Waals surface area contributed by atoms with Crippen LogP contribution in [0.5, 0.6) is 0 Å². The molecule has 0 amide bonds. The van der Waals surface area contributed by atoms with Gasteiger partial charge in [-0.3, -0.25) is 54.3 Å². The lowest BCUT2D eigenvalue weighted by Crippen LogP contribution is -2.67. The van der Waals surface area contributed by atoms with Gasteiger partial charge in [0.25, 0.3) is 0 Å². The van der Waals surface area contributed by atoms with Crippen LogP contribution in [0.2, 0.25) is 0 Å². The molecule has 0 spiro atoms. The van der Waals surface area contributed by atoms with Crippen LogP contribution in [0.1, 0.15) is 76.1 Å². The molecule has 0 aliphatic heterocycles. The Labute approximate surface area is 350 Å². The van der Waals surface area contributed by atoms with Gasteiger partial charge in [0.2, 0.25) is 0 Å². The van der Waals surface area contributed by atoms with E-state index in [0.717, 1.165) is 0 Å². The van der Waals surface area contributed by atoms with Crippen LogP contribution in [-0.4, -0.2) is 101 Å². The molecule has 0 bridgehead atoms. The molecule has 60 heavy (non-hydrogen) atoms. The van der Waals surface area contributed by atoms with Crippen molar-refractivity contribution < 1.29 is 91.6 Å². The summed E-state index contributed by atoms with van der Waals surface area (Å²) in [4.78, 5) is 28.2. The maximum Gasteiger partial charge on any atom is 0.475 e. The van der Waals surface area contributed by atoms with Crippen LogP contribution in [-0.2, 0) is 82.0 Å². The average Bonchev–Trinajstić information content (AvgIpc) is 3.20. The Morgan fingerprint density at radius 2 is 0.567 bits per heavy atom. The molecule has 3 rings (SSSR count). The normalized spacial score (nSPS) is 21.4. The monoisotopic (exact) mass is 932 g/mol. The fourth-order valence-corrected chi connectivity index (χ4v) is 11.1. The molecular weight excluding hydrogens is 876 g/mol. The highest BCUT2D eigenvalue weighted by atomic mass is 31.2. The van der Waals surface area contributed by atoms with Crippen LogP contribution >= 0.6 is 31.3 Å². The maximum atomic E-state index is 14.4. The van der Waals surface area contributed by atoms with Gasteiger partial charge in [-0.2, -0.15) is 0 Å². The van der Waals surface area contributed by atoms with Gasteiger partial charge in [0, 0.05) is 0 Å². The van der Waals surface area contributed by atoms with Crippen molar-refractivity contribution in [3.63, 3.8) is 0 Å². The third-order valence-electron chi connectivity index (χ3n) is 7.75. The van der Waals surface area contributed by atoms with Gasteiger partial charge in [-0.25, -0.2) is 27.8 Å². The lowest BCUT2D eigenvalue weighted by Gasteiger charge is -2.49. The van der Waals surface area contributed by atoms with Crippen LogP contribution in [0.3, 0.4) is 0 Å². The van der Waals surface area contributed by atoms with Gasteiger partial charge in [-0.05, 0) is 79.7 Å². The van der Waals surface area contributed by atoms with Gasteiger partial charge in [0.05, 0.1) is 64.0 Å². The zero-order valence-corrected chi connectivity index (χ0v) is 38.4. The van der Waals surface area contributed by atoms with Crippen LogP contribution in [0, 0.1) is 0 Å². The van der Waals surface area contributed by atoms with Crippen molar-refractivity contribution in [2.24, 2.45) is 0 Å². The molecular formula is C36H56O20P4. The number of ether oxygens (including phenoxy) is 2. The van der Waals surface area contributed by atoms with Crippen molar-refractivity contribution in [2.45, 2.75) is 92.0 Å². The summed E-state index contributed by atoms with van der Waals surface area (Å²) in [5.41, 5.74) is -0.0801. The number of esters is 2. The molecule has 24 heteroatoms. The molecule has 1 saturated carbocycles. The number of phosphoric acid groups is 4. The first kappa shape index (κ1) is 52.2. The summed E-state index contributed by atoms with van der Waals surface area (Å²) in [7, 11) is -19.2. The molecule has 1 aliphatic rings. The Balaban J connectivity index is 2.57. The minimum atomic E-state index is -4.79. The maximum absolute atomic E-state index is 14.4. The van der Waals surface area contributed by atoms with Gasteiger partial charge >= 0.3 is 43.2 Å². The van der Waals surface area contributed by atoms with Crippen molar-refractivity contribution in [2.75, 3.05) is 52.9 Å². The molecule has 2 aromatic carbocycles. The van der Waals surface area contributed by atoms with E-state index >= 15 is 0 Å². The Morgan fingerprint density at radius 3 is 0.750 bits per heavy atom. The van der Waals surface area contributed by atoms with E-state index in [2.05, 4.69) is 0 Å². The van der Waals surface area contributed by atoms with Crippen molar-refractivity contribution in [3.8, 4) is 0 Å². The number of phosphoric ester groups is 4. The second kappa shape index (κ2) is 25.2. The lowest BCUT2D eigenvalue weighted by atomic mass is 9.84. The SMILES string of the molecule is CCOP(=O)(OCC)O[C@@H]1C(OC(=O)c2ccccc2)[C@@H](OP(=O)(OCC)OCC)[C@@H](OP(=O)(OCC)OCC)C(OC(=O)c2ccccc2)[C@H]1OP(=O)(OCC)OCC. The zero-order chi connectivity index (χ0) is 44.4. The minimum absolute atomic E-state index is 0.0400. The van der Waals surface area contributed by atoms with Crippen LogP contribution < -0.4 is 0 Å². The van der Waals surface area contributed by atoms with E-state index in [1.807, 2.05) is 0 Å². The van der Waals surface area contributed by atoms with Crippen molar-refractivity contribution >= 4 is 43.2 Å². The van der Waals surface area contributed by atoms with E-state index in [0.29, 0.717) is 0 Å². The Morgan fingerprint density at radius 1 is 0.367 bits per heavy atom. The predicted molar refractivity (Wildman–Crippen MR) is 214 cm³/mol. The quantitative estimate of drug-likeness (QED) is 0.0573. The molecule has 340 valence electrons. The van der Waals surface area contributed by atoms with Crippen LogP contribution in [0.4, 0.5) is 0 Å². The second-order valence-electron chi connectivity index (χ2n) is 11.9. The van der Waals surface area contributed by atoms with Crippen molar-refractivity contribution in [3.05, 3.63) is 71.8 Å². The molecule has 0 aromatic heterocycles. The highest BCUT2D eigenvalue weighted by molar-refractivity contribution is 7.49. The summed E-state index contributed by atoms with van der Waals surface area (Å²) >= 11 is 0. The fraction of sp³-hybridized carbons (Fsp3) is 0.611. The number of benzene rings is 2. The summed E-state index contributed by atoms with van der Waals surface area (Å²) in [6.45, 7) is 9.80. The summed E-state index contributed by atoms with van der Waals surface area (Å²) in [5, 5.41) is 0. The highest BCUT2D eigenvalue weighted by Crippen LogP contribution is 2.61. The van der Waals surface area contributed by atoms with Gasteiger partial charge < -0.3 is 9.47 Å². The lowest BCUT2D eigenvalue weighted by molar-refractivity contribution is -0.213. The van der Waals surface area contributed by atoms with Crippen LogP contribution in [0.25, 0.3) is 0 Å².